The summed E-state index contributed by atoms with van der Waals surface area (Å²) >= 11 is 0. The molecule has 1 aromatic carbocycles. The highest BCUT2D eigenvalue weighted by Crippen LogP contribution is 2.19. The van der Waals surface area contributed by atoms with Crippen molar-refractivity contribution in [1.82, 2.24) is 10.2 Å². The van der Waals surface area contributed by atoms with Crippen molar-refractivity contribution in [2.45, 2.75) is 18.6 Å². The molecule has 2 fully saturated rings. The molecule has 2 bridgehead atoms. The largest absolute Gasteiger partial charge is 0.378 e. The number of nitrogens with one attached hydrogen (secondary N) is 1. The van der Waals surface area contributed by atoms with Gasteiger partial charge >= 0.3 is 0 Å². The van der Waals surface area contributed by atoms with Crippen molar-refractivity contribution in [3.63, 3.8) is 0 Å². The lowest BCUT2D eigenvalue weighted by Gasteiger charge is -2.46. The van der Waals surface area contributed by atoms with Gasteiger partial charge in [-0.2, -0.15) is 0 Å². The highest BCUT2D eigenvalue weighted by molar-refractivity contribution is 5.16. The van der Waals surface area contributed by atoms with Crippen molar-refractivity contribution >= 4 is 0 Å². The molecule has 0 aliphatic carbocycles. The number of nitrogens with zero attached hydrogens (tertiary/aromatic N) is 1. The highest BCUT2D eigenvalue weighted by Gasteiger charge is 2.34. The van der Waals surface area contributed by atoms with Crippen molar-refractivity contribution in [2.75, 3.05) is 26.3 Å². The standard InChI is InChI=1S/C13H17FN2O/c14-11-3-1-10(2-4-11)7-16-12-5-15-6-13(16)9-17-8-12/h1-4,12-13,15H,5-9H2. The first-order chi connectivity index (χ1) is 8.33. The fourth-order valence-electron chi connectivity index (χ4n) is 2.66. The van der Waals surface area contributed by atoms with Gasteiger partial charge in [-0.1, -0.05) is 12.1 Å². The average Bonchev–Trinajstić information content (AvgIpc) is 2.32. The molecule has 2 atom stereocenters. The molecule has 92 valence electrons. The van der Waals surface area contributed by atoms with E-state index in [2.05, 4.69) is 10.2 Å². The molecule has 3 rings (SSSR count). The van der Waals surface area contributed by atoms with Crippen molar-refractivity contribution in [3.05, 3.63) is 35.6 Å². The van der Waals surface area contributed by atoms with E-state index in [1.165, 1.54) is 17.7 Å². The second kappa shape index (κ2) is 4.72. The zero-order chi connectivity index (χ0) is 11.7. The van der Waals surface area contributed by atoms with Gasteiger partial charge in [-0.25, -0.2) is 4.39 Å². The zero-order valence-corrected chi connectivity index (χ0v) is 9.73. The topological polar surface area (TPSA) is 24.5 Å². The predicted molar refractivity (Wildman–Crippen MR) is 63.2 cm³/mol. The van der Waals surface area contributed by atoms with Crippen molar-refractivity contribution in [3.8, 4) is 0 Å². The monoisotopic (exact) mass is 236 g/mol. The summed E-state index contributed by atoms with van der Waals surface area (Å²) in [5.74, 6) is -0.169. The summed E-state index contributed by atoms with van der Waals surface area (Å²) in [7, 11) is 0. The van der Waals surface area contributed by atoms with Gasteiger partial charge in [-0.05, 0) is 17.7 Å². The van der Waals surface area contributed by atoms with Crippen LogP contribution in [0.5, 0.6) is 0 Å². The Morgan fingerprint density at radius 3 is 2.47 bits per heavy atom. The Morgan fingerprint density at radius 2 is 1.82 bits per heavy atom. The summed E-state index contributed by atoms with van der Waals surface area (Å²) in [5.41, 5.74) is 1.17. The number of hydrogen-bond donors (Lipinski definition) is 1. The Labute approximate surface area is 101 Å². The van der Waals surface area contributed by atoms with E-state index < -0.39 is 0 Å². The molecule has 4 heteroatoms. The van der Waals surface area contributed by atoms with Gasteiger partial charge in [0, 0.05) is 31.7 Å². The van der Waals surface area contributed by atoms with Crippen LogP contribution in [0.2, 0.25) is 0 Å². The molecule has 2 aliphatic rings. The molecule has 17 heavy (non-hydrogen) atoms. The minimum Gasteiger partial charge on any atom is -0.378 e. The van der Waals surface area contributed by atoms with Gasteiger partial charge in [-0.3, -0.25) is 4.90 Å². The molecule has 0 saturated carbocycles. The lowest BCUT2D eigenvalue weighted by atomic mass is 10.0. The maximum absolute atomic E-state index is 12.9. The first-order valence-corrected chi connectivity index (χ1v) is 6.11. The van der Waals surface area contributed by atoms with Gasteiger partial charge in [0.2, 0.25) is 0 Å². The zero-order valence-electron chi connectivity index (χ0n) is 9.73. The van der Waals surface area contributed by atoms with Crippen LogP contribution in [0.1, 0.15) is 5.56 Å². The summed E-state index contributed by atoms with van der Waals surface area (Å²) in [5, 5.41) is 3.43. The van der Waals surface area contributed by atoms with Gasteiger partial charge < -0.3 is 10.1 Å². The third kappa shape index (κ3) is 2.34. The summed E-state index contributed by atoms with van der Waals surface area (Å²) in [6, 6.07) is 7.70. The summed E-state index contributed by atoms with van der Waals surface area (Å²) in [6.07, 6.45) is 0. The average molecular weight is 236 g/mol. The fourth-order valence-corrected chi connectivity index (χ4v) is 2.66. The Bertz CT molecular complexity index is 360. The van der Waals surface area contributed by atoms with Crippen LogP contribution >= 0.6 is 0 Å². The molecular formula is C13H17FN2O. The SMILES string of the molecule is Fc1ccc(CN2C3CNCC2COC3)cc1. The lowest BCUT2D eigenvalue weighted by Crippen LogP contribution is -2.63. The molecule has 2 heterocycles. The lowest BCUT2D eigenvalue weighted by molar-refractivity contribution is -0.0689. The second-order valence-electron chi connectivity index (χ2n) is 4.80. The van der Waals surface area contributed by atoms with E-state index in [0.29, 0.717) is 12.1 Å². The number of benzene rings is 1. The minimum absolute atomic E-state index is 0.169. The maximum Gasteiger partial charge on any atom is 0.123 e. The predicted octanol–water partition coefficient (Wildman–Crippen LogP) is 0.998. The molecule has 0 amide bonds. The van der Waals surface area contributed by atoms with E-state index in [0.717, 1.165) is 32.8 Å². The number of ether oxygens (including phenoxy) is 1. The van der Waals surface area contributed by atoms with Crippen LogP contribution in [-0.4, -0.2) is 43.3 Å². The van der Waals surface area contributed by atoms with Crippen LogP contribution in [0.15, 0.2) is 24.3 Å². The molecule has 3 nitrogen and oxygen atoms in total. The van der Waals surface area contributed by atoms with E-state index in [-0.39, 0.29) is 5.82 Å². The highest BCUT2D eigenvalue weighted by atomic mass is 19.1. The third-order valence-electron chi connectivity index (χ3n) is 3.60. The number of morpholine rings is 1. The molecule has 0 spiro atoms. The van der Waals surface area contributed by atoms with Gasteiger partial charge in [0.05, 0.1) is 13.2 Å². The number of fused-ring (bicyclic) bond motifs is 2. The summed E-state index contributed by atoms with van der Waals surface area (Å²) < 4.78 is 18.4. The van der Waals surface area contributed by atoms with Crippen molar-refractivity contribution in [2.24, 2.45) is 0 Å². The van der Waals surface area contributed by atoms with E-state index in [1.54, 1.807) is 0 Å². The van der Waals surface area contributed by atoms with E-state index >= 15 is 0 Å². The van der Waals surface area contributed by atoms with Crippen LogP contribution in [0, 0.1) is 5.82 Å². The number of hydrogen-bond acceptors (Lipinski definition) is 3. The summed E-state index contributed by atoms with van der Waals surface area (Å²) in [4.78, 5) is 2.48. The van der Waals surface area contributed by atoms with Crippen LogP contribution < -0.4 is 5.32 Å². The van der Waals surface area contributed by atoms with E-state index in [9.17, 15) is 4.39 Å². The van der Waals surface area contributed by atoms with Gasteiger partial charge in [0.25, 0.3) is 0 Å². The normalized spacial score (nSPS) is 29.2. The van der Waals surface area contributed by atoms with Gasteiger partial charge in [0.15, 0.2) is 0 Å². The Hall–Kier alpha value is -0.970. The van der Waals surface area contributed by atoms with Gasteiger partial charge in [0.1, 0.15) is 5.82 Å². The van der Waals surface area contributed by atoms with E-state index in [4.69, 9.17) is 4.74 Å². The molecule has 0 radical (unpaired) electrons. The van der Waals surface area contributed by atoms with E-state index in [1.807, 2.05) is 12.1 Å². The third-order valence-corrected chi connectivity index (χ3v) is 3.60. The van der Waals surface area contributed by atoms with Crippen LogP contribution in [0.3, 0.4) is 0 Å². The first-order valence-electron chi connectivity index (χ1n) is 6.11. The van der Waals surface area contributed by atoms with Crippen LogP contribution in [0.4, 0.5) is 4.39 Å². The number of piperazine rings is 1. The molecule has 1 N–H and O–H groups in total. The minimum atomic E-state index is -0.169. The van der Waals surface area contributed by atoms with Crippen molar-refractivity contribution in [1.29, 1.82) is 0 Å². The Morgan fingerprint density at radius 1 is 1.18 bits per heavy atom. The Balaban J connectivity index is 1.73. The van der Waals surface area contributed by atoms with Gasteiger partial charge in [-0.15, -0.1) is 0 Å². The number of rotatable bonds is 2. The molecule has 2 unspecified atom stereocenters. The van der Waals surface area contributed by atoms with Crippen molar-refractivity contribution < 1.29 is 9.13 Å². The summed E-state index contributed by atoms with van der Waals surface area (Å²) in [6.45, 7) is 4.45. The molecular weight excluding hydrogens is 219 g/mol. The number of halogens is 1. The van der Waals surface area contributed by atoms with Crippen LogP contribution in [-0.2, 0) is 11.3 Å². The second-order valence-corrected chi connectivity index (χ2v) is 4.80. The molecule has 1 aromatic rings. The molecule has 2 saturated heterocycles. The maximum atomic E-state index is 12.9. The van der Waals surface area contributed by atoms with Crippen LogP contribution in [0.25, 0.3) is 0 Å². The Kier molecular flexibility index (Phi) is 3.09. The smallest absolute Gasteiger partial charge is 0.123 e. The fraction of sp³-hybridized carbons (Fsp3) is 0.538. The quantitative estimate of drug-likeness (QED) is 0.829. The molecule has 0 aromatic heterocycles. The molecule has 2 aliphatic heterocycles. The first kappa shape index (κ1) is 11.1.